The van der Waals surface area contributed by atoms with Crippen molar-refractivity contribution >= 4 is 17.7 Å². The third-order valence-electron chi connectivity index (χ3n) is 3.62. The van der Waals surface area contributed by atoms with Crippen molar-refractivity contribution in [3.63, 3.8) is 0 Å². The maximum atomic E-state index is 12.5. The molecule has 1 saturated heterocycles. The standard InChI is InChI=1S/C18H26N2O4/c1-5-23-14-10-8-13(9-11-14)19-16(21)15-7-6-12-20(15)17(22)24-18(2,3)4/h8-11,15H,5-7,12H2,1-4H3,(H,19,21)/t15-/m0/s1. The summed E-state index contributed by atoms with van der Waals surface area (Å²) in [5.74, 6) is 0.564. The average Bonchev–Trinajstić information content (AvgIpc) is 2.97. The van der Waals surface area contributed by atoms with Gasteiger partial charge in [-0.3, -0.25) is 9.69 Å². The van der Waals surface area contributed by atoms with E-state index in [1.807, 2.05) is 27.7 Å². The first-order valence-electron chi connectivity index (χ1n) is 8.33. The van der Waals surface area contributed by atoms with E-state index < -0.39 is 17.7 Å². The lowest BCUT2D eigenvalue weighted by atomic mass is 10.2. The molecule has 1 N–H and O–H groups in total. The van der Waals surface area contributed by atoms with E-state index in [-0.39, 0.29) is 5.91 Å². The molecule has 2 amide bonds. The Kier molecular flexibility index (Phi) is 5.70. The molecule has 0 aliphatic carbocycles. The number of hydrogen-bond acceptors (Lipinski definition) is 4. The Morgan fingerprint density at radius 3 is 2.50 bits per heavy atom. The molecule has 1 aromatic carbocycles. The Labute approximate surface area is 143 Å². The van der Waals surface area contributed by atoms with Gasteiger partial charge in [-0.05, 0) is 64.8 Å². The van der Waals surface area contributed by atoms with Crippen molar-refractivity contribution in [2.45, 2.75) is 52.2 Å². The lowest BCUT2D eigenvalue weighted by Crippen LogP contribution is -2.45. The van der Waals surface area contributed by atoms with Crippen molar-refractivity contribution in [3.8, 4) is 5.75 Å². The molecule has 1 atom stereocenters. The molecule has 0 spiro atoms. The Hall–Kier alpha value is -2.24. The Bertz CT molecular complexity index is 578. The second-order valence-corrected chi connectivity index (χ2v) is 6.78. The highest BCUT2D eigenvalue weighted by molar-refractivity contribution is 5.96. The van der Waals surface area contributed by atoms with Crippen LogP contribution in [-0.4, -0.2) is 41.7 Å². The van der Waals surface area contributed by atoms with Gasteiger partial charge in [0.25, 0.3) is 0 Å². The average molecular weight is 334 g/mol. The molecule has 0 bridgehead atoms. The maximum absolute atomic E-state index is 12.5. The molecular formula is C18H26N2O4. The largest absolute Gasteiger partial charge is 0.494 e. The first-order chi connectivity index (χ1) is 11.3. The van der Waals surface area contributed by atoms with E-state index >= 15 is 0 Å². The lowest BCUT2D eigenvalue weighted by Gasteiger charge is -2.28. The molecule has 6 heteroatoms. The summed E-state index contributed by atoms with van der Waals surface area (Å²) < 4.78 is 10.8. The molecule has 1 aliphatic heterocycles. The number of hydrogen-bond donors (Lipinski definition) is 1. The number of amides is 2. The topological polar surface area (TPSA) is 67.9 Å². The van der Waals surface area contributed by atoms with E-state index in [1.54, 1.807) is 24.3 Å². The van der Waals surface area contributed by atoms with E-state index in [4.69, 9.17) is 9.47 Å². The van der Waals surface area contributed by atoms with Gasteiger partial charge in [0, 0.05) is 12.2 Å². The normalized spacial score (nSPS) is 17.5. The van der Waals surface area contributed by atoms with Crippen molar-refractivity contribution in [2.75, 3.05) is 18.5 Å². The highest BCUT2D eigenvalue weighted by Crippen LogP contribution is 2.23. The number of anilines is 1. The van der Waals surface area contributed by atoms with Crippen molar-refractivity contribution < 1.29 is 19.1 Å². The summed E-state index contributed by atoms with van der Waals surface area (Å²) in [4.78, 5) is 26.3. The van der Waals surface area contributed by atoms with Crippen LogP contribution in [0.3, 0.4) is 0 Å². The van der Waals surface area contributed by atoms with Crippen LogP contribution in [0.1, 0.15) is 40.5 Å². The van der Waals surface area contributed by atoms with Crippen molar-refractivity contribution in [1.29, 1.82) is 0 Å². The van der Waals surface area contributed by atoms with Crippen LogP contribution >= 0.6 is 0 Å². The van der Waals surface area contributed by atoms with Gasteiger partial charge in [-0.15, -0.1) is 0 Å². The molecule has 0 unspecified atom stereocenters. The fraction of sp³-hybridized carbons (Fsp3) is 0.556. The fourth-order valence-corrected chi connectivity index (χ4v) is 2.61. The van der Waals surface area contributed by atoms with Gasteiger partial charge >= 0.3 is 6.09 Å². The minimum absolute atomic E-state index is 0.192. The number of carbonyl (C=O) groups is 2. The number of benzene rings is 1. The molecule has 0 radical (unpaired) electrons. The summed E-state index contributed by atoms with van der Waals surface area (Å²) in [5, 5.41) is 2.86. The third-order valence-corrected chi connectivity index (χ3v) is 3.62. The van der Waals surface area contributed by atoms with Crippen molar-refractivity contribution in [2.24, 2.45) is 0 Å². The minimum atomic E-state index is -0.574. The fourth-order valence-electron chi connectivity index (χ4n) is 2.61. The first-order valence-corrected chi connectivity index (χ1v) is 8.33. The second kappa shape index (κ2) is 7.55. The van der Waals surface area contributed by atoms with E-state index in [1.165, 1.54) is 4.90 Å². The first kappa shape index (κ1) is 18.1. The molecule has 1 aliphatic rings. The van der Waals surface area contributed by atoms with Crippen LogP contribution in [0, 0.1) is 0 Å². The van der Waals surface area contributed by atoms with Gasteiger partial charge in [0.2, 0.25) is 5.91 Å². The number of rotatable bonds is 4. The van der Waals surface area contributed by atoms with Crippen LogP contribution in [-0.2, 0) is 9.53 Å². The van der Waals surface area contributed by atoms with Gasteiger partial charge < -0.3 is 14.8 Å². The van der Waals surface area contributed by atoms with Crippen LogP contribution in [0.4, 0.5) is 10.5 Å². The SMILES string of the molecule is CCOc1ccc(NC(=O)[C@@H]2CCCN2C(=O)OC(C)(C)C)cc1. The van der Waals surface area contributed by atoms with Crippen LogP contribution < -0.4 is 10.1 Å². The Morgan fingerprint density at radius 2 is 1.92 bits per heavy atom. The van der Waals surface area contributed by atoms with Gasteiger partial charge in [-0.25, -0.2) is 4.79 Å². The number of nitrogens with one attached hydrogen (secondary N) is 1. The molecule has 1 aromatic rings. The van der Waals surface area contributed by atoms with E-state index in [0.29, 0.717) is 25.3 Å². The van der Waals surface area contributed by atoms with E-state index in [0.717, 1.165) is 12.2 Å². The Morgan fingerprint density at radius 1 is 1.25 bits per heavy atom. The minimum Gasteiger partial charge on any atom is -0.494 e. The zero-order chi connectivity index (χ0) is 17.7. The predicted molar refractivity (Wildman–Crippen MR) is 92.2 cm³/mol. The summed E-state index contributed by atoms with van der Waals surface area (Å²) >= 11 is 0. The highest BCUT2D eigenvalue weighted by atomic mass is 16.6. The van der Waals surface area contributed by atoms with Crippen molar-refractivity contribution in [3.05, 3.63) is 24.3 Å². The zero-order valence-corrected chi connectivity index (χ0v) is 14.8. The maximum Gasteiger partial charge on any atom is 0.410 e. The molecule has 0 aromatic heterocycles. The second-order valence-electron chi connectivity index (χ2n) is 6.78. The smallest absolute Gasteiger partial charge is 0.410 e. The number of ether oxygens (including phenoxy) is 2. The number of likely N-dealkylation sites (tertiary alicyclic amines) is 1. The van der Waals surface area contributed by atoms with Crippen molar-refractivity contribution in [1.82, 2.24) is 4.90 Å². The van der Waals surface area contributed by atoms with Gasteiger partial charge in [0.15, 0.2) is 0 Å². The monoisotopic (exact) mass is 334 g/mol. The van der Waals surface area contributed by atoms with Gasteiger partial charge in [-0.2, -0.15) is 0 Å². The summed E-state index contributed by atoms with van der Waals surface area (Å²) in [6.07, 6.45) is 0.995. The molecular weight excluding hydrogens is 308 g/mol. The molecule has 132 valence electrons. The summed E-state index contributed by atoms with van der Waals surface area (Å²) in [7, 11) is 0. The van der Waals surface area contributed by atoms with Crippen LogP contribution in [0.2, 0.25) is 0 Å². The quantitative estimate of drug-likeness (QED) is 0.916. The molecule has 1 fully saturated rings. The molecule has 0 saturated carbocycles. The summed E-state index contributed by atoms with van der Waals surface area (Å²) in [5.41, 5.74) is 0.106. The molecule has 2 rings (SSSR count). The van der Waals surface area contributed by atoms with E-state index in [9.17, 15) is 9.59 Å². The zero-order valence-electron chi connectivity index (χ0n) is 14.8. The van der Waals surface area contributed by atoms with Gasteiger partial charge in [-0.1, -0.05) is 0 Å². The summed E-state index contributed by atoms with van der Waals surface area (Å²) in [6.45, 7) is 8.50. The summed E-state index contributed by atoms with van der Waals surface area (Å²) in [6, 6.07) is 6.69. The van der Waals surface area contributed by atoms with E-state index in [2.05, 4.69) is 5.32 Å². The number of nitrogens with zero attached hydrogens (tertiary/aromatic N) is 1. The molecule has 6 nitrogen and oxygen atoms in total. The molecule has 24 heavy (non-hydrogen) atoms. The lowest BCUT2D eigenvalue weighted by molar-refractivity contribution is -0.120. The van der Waals surface area contributed by atoms with Gasteiger partial charge in [0.05, 0.1) is 6.61 Å². The predicted octanol–water partition coefficient (Wildman–Crippen LogP) is 3.42. The molecule has 1 heterocycles. The number of carbonyl (C=O) groups excluding carboxylic acids is 2. The van der Waals surface area contributed by atoms with Gasteiger partial charge in [0.1, 0.15) is 17.4 Å². The van der Waals surface area contributed by atoms with Crippen LogP contribution in [0.5, 0.6) is 5.75 Å². The van der Waals surface area contributed by atoms with Crippen LogP contribution in [0.25, 0.3) is 0 Å². The van der Waals surface area contributed by atoms with Crippen LogP contribution in [0.15, 0.2) is 24.3 Å². The Balaban J connectivity index is 1.98. The highest BCUT2D eigenvalue weighted by Gasteiger charge is 2.36. The third kappa shape index (κ3) is 4.88.